The highest BCUT2D eigenvalue weighted by molar-refractivity contribution is 9.10. The van der Waals surface area contributed by atoms with Gasteiger partial charge in [-0.15, -0.1) is 5.10 Å². The number of nitrogens with zero attached hydrogens (tertiary/aromatic N) is 6. The Labute approximate surface area is 128 Å². The number of carbonyl (C=O) groups is 1. The normalized spacial score (nSPS) is 15.3. The van der Waals surface area contributed by atoms with Gasteiger partial charge in [0.1, 0.15) is 0 Å². The van der Waals surface area contributed by atoms with Crippen LogP contribution in [-0.2, 0) is 0 Å². The lowest BCUT2D eigenvalue weighted by Crippen LogP contribution is -2.49. The predicted molar refractivity (Wildman–Crippen MR) is 78.6 cm³/mol. The van der Waals surface area contributed by atoms with E-state index in [4.69, 9.17) is 5.73 Å². The largest absolute Gasteiger partial charge is 0.366 e. The van der Waals surface area contributed by atoms with E-state index in [0.717, 1.165) is 4.47 Å². The van der Waals surface area contributed by atoms with Crippen molar-refractivity contribution in [3.05, 3.63) is 22.7 Å². The Morgan fingerprint density at radius 1 is 1.24 bits per heavy atom. The van der Waals surface area contributed by atoms with E-state index in [2.05, 4.69) is 41.1 Å². The summed E-state index contributed by atoms with van der Waals surface area (Å²) in [5.41, 5.74) is 5.40. The standard InChI is InChI=1S/C11H13BrN8O/c12-7-5-14-11(15-6-7)20-3-1-19(2-4-20)9(21)8-16-10(13)18-17-8/h5-6H,1-4H2,(H3,13,16,17,18). The number of aromatic nitrogens is 5. The summed E-state index contributed by atoms with van der Waals surface area (Å²) in [6.45, 7) is 2.46. The zero-order chi connectivity index (χ0) is 14.8. The van der Waals surface area contributed by atoms with E-state index < -0.39 is 0 Å². The second-order valence-electron chi connectivity index (χ2n) is 4.52. The van der Waals surface area contributed by atoms with Crippen molar-refractivity contribution in [2.24, 2.45) is 0 Å². The zero-order valence-electron chi connectivity index (χ0n) is 11.0. The number of anilines is 2. The van der Waals surface area contributed by atoms with Crippen LogP contribution in [-0.4, -0.2) is 62.1 Å². The third-order valence-electron chi connectivity index (χ3n) is 3.16. The first-order valence-corrected chi connectivity index (χ1v) is 7.12. The van der Waals surface area contributed by atoms with Gasteiger partial charge in [0.25, 0.3) is 5.91 Å². The monoisotopic (exact) mass is 352 g/mol. The summed E-state index contributed by atoms with van der Waals surface area (Å²) in [5.74, 6) is 0.700. The molecule has 0 spiro atoms. The molecule has 3 rings (SSSR count). The summed E-state index contributed by atoms with van der Waals surface area (Å²) in [5, 5.41) is 6.19. The Morgan fingerprint density at radius 2 is 1.90 bits per heavy atom. The number of H-pyrrole nitrogens is 1. The molecule has 2 aromatic heterocycles. The van der Waals surface area contributed by atoms with E-state index in [1.165, 1.54) is 0 Å². The lowest BCUT2D eigenvalue weighted by molar-refractivity contribution is 0.0734. The molecule has 0 aromatic carbocycles. The fourth-order valence-electron chi connectivity index (χ4n) is 2.10. The minimum absolute atomic E-state index is 0.0697. The fraction of sp³-hybridized carbons (Fsp3) is 0.364. The molecule has 3 heterocycles. The maximum absolute atomic E-state index is 12.2. The summed E-state index contributed by atoms with van der Waals surface area (Å²) in [6.07, 6.45) is 3.41. The van der Waals surface area contributed by atoms with E-state index in [1.807, 2.05) is 4.90 Å². The quantitative estimate of drug-likeness (QED) is 0.774. The lowest BCUT2D eigenvalue weighted by Gasteiger charge is -2.34. The van der Waals surface area contributed by atoms with Gasteiger partial charge in [-0.05, 0) is 15.9 Å². The molecule has 0 saturated carbocycles. The van der Waals surface area contributed by atoms with Crippen molar-refractivity contribution >= 4 is 33.7 Å². The van der Waals surface area contributed by atoms with E-state index >= 15 is 0 Å². The predicted octanol–water partition coefficient (Wildman–Crippen LogP) is -0.0982. The topological polar surface area (TPSA) is 117 Å². The maximum atomic E-state index is 12.2. The van der Waals surface area contributed by atoms with E-state index in [1.54, 1.807) is 17.3 Å². The third kappa shape index (κ3) is 2.94. The second-order valence-corrected chi connectivity index (χ2v) is 5.44. The van der Waals surface area contributed by atoms with E-state index in [0.29, 0.717) is 32.1 Å². The highest BCUT2D eigenvalue weighted by atomic mass is 79.9. The van der Waals surface area contributed by atoms with Gasteiger partial charge in [0.15, 0.2) is 0 Å². The summed E-state index contributed by atoms with van der Waals surface area (Å²) >= 11 is 3.30. The molecule has 0 bridgehead atoms. The number of aromatic amines is 1. The van der Waals surface area contributed by atoms with Crippen molar-refractivity contribution in [3.8, 4) is 0 Å². The van der Waals surface area contributed by atoms with Gasteiger partial charge >= 0.3 is 0 Å². The van der Waals surface area contributed by atoms with Crippen LogP contribution in [0.1, 0.15) is 10.6 Å². The van der Waals surface area contributed by atoms with Crippen LogP contribution in [0.5, 0.6) is 0 Å². The Balaban J connectivity index is 1.62. The molecule has 3 N–H and O–H groups in total. The number of nitrogen functional groups attached to an aromatic ring is 1. The molecule has 1 aliphatic heterocycles. The SMILES string of the molecule is Nc1n[nH]c(C(=O)N2CCN(c3ncc(Br)cn3)CC2)n1. The first-order valence-electron chi connectivity index (χ1n) is 6.33. The Morgan fingerprint density at radius 3 is 2.48 bits per heavy atom. The van der Waals surface area contributed by atoms with Crippen LogP contribution in [0, 0.1) is 0 Å². The molecular weight excluding hydrogens is 340 g/mol. The Hall–Kier alpha value is -2.23. The minimum Gasteiger partial charge on any atom is -0.366 e. The maximum Gasteiger partial charge on any atom is 0.291 e. The van der Waals surface area contributed by atoms with Gasteiger partial charge in [-0.25, -0.2) is 9.97 Å². The molecule has 1 saturated heterocycles. The van der Waals surface area contributed by atoms with Crippen LogP contribution in [0.2, 0.25) is 0 Å². The van der Waals surface area contributed by atoms with Gasteiger partial charge in [-0.3, -0.25) is 9.89 Å². The third-order valence-corrected chi connectivity index (χ3v) is 3.57. The molecule has 21 heavy (non-hydrogen) atoms. The molecule has 0 radical (unpaired) electrons. The first kappa shape index (κ1) is 13.7. The number of halogens is 1. The number of nitrogens with two attached hydrogens (primary N) is 1. The number of nitrogens with one attached hydrogen (secondary N) is 1. The molecule has 1 fully saturated rings. The average molecular weight is 353 g/mol. The fourth-order valence-corrected chi connectivity index (χ4v) is 2.30. The van der Waals surface area contributed by atoms with Crippen LogP contribution < -0.4 is 10.6 Å². The van der Waals surface area contributed by atoms with Gasteiger partial charge in [0.05, 0.1) is 4.47 Å². The molecule has 1 aliphatic rings. The molecule has 0 aliphatic carbocycles. The van der Waals surface area contributed by atoms with Crippen molar-refractivity contribution < 1.29 is 4.79 Å². The van der Waals surface area contributed by atoms with Gasteiger partial charge < -0.3 is 15.5 Å². The van der Waals surface area contributed by atoms with Crippen molar-refractivity contribution in [1.29, 1.82) is 0 Å². The summed E-state index contributed by atoms with van der Waals surface area (Å²) < 4.78 is 0.836. The van der Waals surface area contributed by atoms with Crippen LogP contribution in [0.4, 0.5) is 11.9 Å². The van der Waals surface area contributed by atoms with Gasteiger partial charge in [-0.1, -0.05) is 0 Å². The van der Waals surface area contributed by atoms with Crippen LogP contribution in [0.3, 0.4) is 0 Å². The molecule has 10 heteroatoms. The molecule has 1 amide bonds. The van der Waals surface area contributed by atoms with Crippen molar-refractivity contribution in [2.45, 2.75) is 0 Å². The van der Waals surface area contributed by atoms with E-state index in [-0.39, 0.29) is 17.7 Å². The number of hydrogen-bond acceptors (Lipinski definition) is 7. The number of carbonyl (C=O) groups excluding carboxylic acids is 1. The van der Waals surface area contributed by atoms with Crippen LogP contribution >= 0.6 is 15.9 Å². The summed E-state index contributed by atoms with van der Waals surface area (Å²) in [6, 6.07) is 0. The van der Waals surface area contributed by atoms with Crippen LogP contribution in [0.15, 0.2) is 16.9 Å². The van der Waals surface area contributed by atoms with Gasteiger partial charge in [-0.2, -0.15) is 4.98 Å². The second kappa shape index (κ2) is 5.64. The van der Waals surface area contributed by atoms with Crippen LogP contribution in [0.25, 0.3) is 0 Å². The number of rotatable bonds is 2. The molecule has 2 aromatic rings. The average Bonchev–Trinajstić information content (AvgIpc) is 2.94. The number of amides is 1. The summed E-state index contributed by atoms with van der Waals surface area (Å²) in [4.78, 5) is 28.3. The smallest absolute Gasteiger partial charge is 0.291 e. The zero-order valence-corrected chi connectivity index (χ0v) is 12.6. The lowest BCUT2D eigenvalue weighted by atomic mass is 10.3. The van der Waals surface area contributed by atoms with Crippen molar-refractivity contribution in [3.63, 3.8) is 0 Å². The van der Waals surface area contributed by atoms with Gasteiger partial charge in [0, 0.05) is 38.6 Å². The highest BCUT2D eigenvalue weighted by Gasteiger charge is 2.25. The van der Waals surface area contributed by atoms with Crippen molar-refractivity contribution in [2.75, 3.05) is 36.8 Å². The molecule has 9 nitrogen and oxygen atoms in total. The molecule has 110 valence electrons. The molecule has 0 unspecified atom stereocenters. The van der Waals surface area contributed by atoms with E-state index in [9.17, 15) is 4.79 Å². The molecular formula is C11H13BrN8O. The Bertz CT molecular complexity index is 634. The Kier molecular flexibility index (Phi) is 3.69. The van der Waals surface area contributed by atoms with Crippen molar-refractivity contribution in [1.82, 2.24) is 30.0 Å². The molecule has 0 atom stereocenters. The number of piperazine rings is 1. The van der Waals surface area contributed by atoms with Gasteiger partial charge in [0.2, 0.25) is 17.7 Å². The summed E-state index contributed by atoms with van der Waals surface area (Å²) in [7, 11) is 0. The first-order chi connectivity index (χ1) is 10.1. The highest BCUT2D eigenvalue weighted by Crippen LogP contribution is 2.14. The number of hydrogen-bond donors (Lipinski definition) is 2. The minimum atomic E-state index is -0.199.